The van der Waals surface area contributed by atoms with Gasteiger partial charge in [-0.1, -0.05) is 59.1 Å². The molecule has 4 aromatic rings. The lowest BCUT2D eigenvalue weighted by molar-refractivity contribution is 0.0926. The van der Waals surface area contributed by atoms with Crippen molar-refractivity contribution in [1.82, 2.24) is 19.8 Å². The number of para-hydroxylation sites is 1. The molecule has 3 aromatic carbocycles. The Kier molecular flexibility index (Phi) is 5.51. The fourth-order valence-electron chi connectivity index (χ4n) is 3.89. The Morgan fingerprint density at radius 2 is 1.41 bits per heavy atom. The molecule has 0 bridgehead atoms. The molecule has 0 N–H and O–H groups in total. The van der Waals surface area contributed by atoms with Crippen molar-refractivity contribution >= 4 is 52.3 Å². The van der Waals surface area contributed by atoms with E-state index in [9.17, 15) is 14.4 Å². The summed E-state index contributed by atoms with van der Waals surface area (Å²) >= 11 is 18.5. The summed E-state index contributed by atoms with van der Waals surface area (Å²) in [5.74, 6) is -1.08. The van der Waals surface area contributed by atoms with Crippen LogP contribution >= 0.6 is 34.8 Å². The molecule has 34 heavy (non-hydrogen) atoms. The van der Waals surface area contributed by atoms with Crippen molar-refractivity contribution in [1.29, 1.82) is 0 Å². The average Bonchev–Trinajstić information content (AvgIpc) is 3.29. The van der Waals surface area contributed by atoms with Gasteiger partial charge in [-0.25, -0.2) is 9.69 Å². The normalized spacial score (nSPS) is 13.0. The van der Waals surface area contributed by atoms with E-state index in [1.165, 1.54) is 16.8 Å². The van der Waals surface area contributed by atoms with E-state index in [0.29, 0.717) is 22.0 Å². The van der Waals surface area contributed by atoms with E-state index in [2.05, 4.69) is 10.4 Å². The molecule has 0 spiro atoms. The summed E-state index contributed by atoms with van der Waals surface area (Å²) in [5, 5.41) is 8.55. The van der Waals surface area contributed by atoms with Crippen LogP contribution in [0, 0.1) is 6.92 Å². The second-order valence-corrected chi connectivity index (χ2v) is 8.85. The summed E-state index contributed by atoms with van der Waals surface area (Å²) < 4.78 is 2.31. The third kappa shape index (κ3) is 3.51. The Labute approximate surface area is 207 Å². The second kappa shape index (κ2) is 8.39. The zero-order valence-electron chi connectivity index (χ0n) is 17.5. The maximum absolute atomic E-state index is 13.0. The standard InChI is InChI=1S/C23H14Cl3N5O3/c1-12-10-13(11-29-23(34)31(28-27-29)18-5-3-2-4-14(18)24)6-9-17(12)30-21(32)19-15(25)7-8-16(26)20(19)22(30)33/h2-10H,11H2,1H3. The van der Waals surface area contributed by atoms with Gasteiger partial charge < -0.3 is 0 Å². The van der Waals surface area contributed by atoms with Crippen LogP contribution in [0.2, 0.25) is 15.1 Å². The Balaban J connectivity index is 1.45. The lowest BCUT2D eigenvalue weighted by Crippen LogP contribution is -2.30. The quantitative estimate of drug-likeness (QED) is 0.373. The number of aromatic nitrogens is 4. The molecule has 0 aliphatic carbocycles. The first-order valence-electron chi connectivity index (χ1n) is 10.0. The lowest BCUT2D eigenvalue weighted by Gasteiger charge is -2.17. The van der Waals surface area contributed by atoms with Crippen molar-refractivity contribution in [2.45, 2.75) is 13.5 Å². The molecule has 1 aliphatic heterocycles. The van der Waals surface area contributed by atoms with E-state index in [0.717, 1.165) is 15.1 Å². The number of amides is 2. The molecule has 0 fully saturated rings. The van der Waals surface area contributed by atoms with Crippen LogP contribution in [-0.2, 0) is 6.54 Å². The maximum atomic E-state index is 13.0. The topological polar surface area (TPSA) is 90.1 Å². The van der Waals surface area contributed by atoms with E-state index in [-0.39, 0.29) is 27.7 Å². The van der Waals surface area contributed by atoms with Gasteiger partial charge in [0.1, 0.15) is 0 Å². The largest absolute Gasteiger partial charge is 0.368 e. The second-order valence-electron chi connectivity index (χ2n) is 7.63. The number of anilines is 1. The number of imide groups is 1. The first kappa shape index (κ1) is 22.3. The number of tetrazole rings is 1. The number of hydrogen-bond acceptors (Lipinski definition) is 5. The van der Waals surface area contributed by atoms with Crippen LogP contribution in [0.15, 0.2) is 59.4 Å². The van der Waals surface area contributed by atoms with Crippen LogP contribution in [0.3, 0.4) is 0 Å². The Bertz CT molecular complexity index is 1520. The number of aryl methyl sites for hydroxylation is 1. The van der Waals surface area contributed by atoms with Crippen molar-refractivity contribution in [2.75, 3.05) is 4.90 Å². The van der Waals surface area contributed by atoms with Gasteiger partial charge in [0.05, 0.1) is 44.1 Å². The van der Waals surface area contributed by atoms with Crippen LogP contribution in [-0.4, -0.2) is 31.6 Å². The zero-order valence-corrected chi connectivity index (χ0v) is 19.8. The van der Waals surface area contributed by atoms with E-state index >= 15 is 0 Å². The SMILES string of the molecule is Cc1cc(Cn2nnn(-c3ccccc3Cl)c2=O)ccc1N1C(=O)c2c(Cl)ccc(Cl)c2C1=O. The monoisotopic (exact) mass is 513 g/mol. The minimum Gasteiger partial charge on any atom is -0.268 e. The highest BCUT2D eigenvalue weighted by Crippen LogP contribution is 2.37. The smallest absolute Gasteiger partial charge is 0.268 e. The molecule has 1 aliphatic rings. The molecule has 8 nitrogen and oxygen atoms in total. The first-order valence-corrected chi connectivity index (χ1v) is 11.2. The van der Waals surface area contributed by atoms with Gasteiger partial charge in [-0.15, -0.1) is 0 Å². The van der Waals surface area contributed by atoms with Gasteiger partial charge in [-0.2, -0.15) is 9.36 Å². The third-order valence-electron chi connectivity index (χ3n) is 5.49. The summed E-state index contributed by atoms with van der Waals surface area (Å²) in [6.45, 7) is 1.89. The highest BCUT2D eigenvalue weighted by atomic mass is 35.5. The molecule has 0 unspecified atom stereocenters. The molecule has 1 aromatic heterocycles. The number of nitrogens with zero attached hydrogens (tertiary/aromatic N) is 5. The molecule has 11 heteroatoms. The van der Waals surface area contributed by atoms with Gasteiger partial charge in [-0.3, -0.25) is 9.59 Å². The summed E-state index contributed by atoms with van der Waals surface area (Å²) in [4.78, 5) is 39.8. The number of carbonyl (C=O) groups is 2. The molecule has 170 valence electrons. The van der Waals surface area contributed by atoms with Crippen LogP contribution < -0.4 is 10.6 Å². The van der Waals surface area contributed by atoms with E-state index in [1.807, 2.05) is 0 Å². The lowest BCUT2D eigenvalue weighted by atomic mass is 10.1. The zero-order chi connectivity index (χ0) is 24.1. The number of benzene rings is 3. The Hall–Kier alpha value is -3.46. The number of carbonyl (C=O) groups excluding carboxylic acids is 2. The predicted molar refractivity (Wildman–Crippen MR) is 129 cm³/mol. The highest BCUT2D eigenvalue weighted by Gasteiger charge is 2.40. The van der Waals surface area contributed by atoms with E-state index < -0.39 is 17.5 Å². The highest BCUT2D eigenvalue weighted by molar-refractivity contribution is 6.46. The van der Waals surface area contributed by atoms with Gasteiger partial charge in [0.25, 0.3) is 11.8 Å². The molecule has 0 radical (unpaired) electrons. The molecule has 5 rings (SSSR count). The van der Waals surface area contributed by atoms with Gasteiger partial charge >= 0.3 is 5.69 Å². The summed E-state index contributed by atoms with van der Waals surface area (Å²) in [5.41, 5.74) is 1.91. The Morgan fingerprint density at radius 1 is 0.765 bits per heavy atom. The van der Waals surface area contributed by atoms with Crippen molar-refractivity contribution in [3.8, 4) is 5.69 Å². The van der Waals surface area contributed by atoms with Crippen molar-refractivity contribution in [3.63, 3.8) is 0 Å². The summed E-state index contributed by atoms with van der Waals surface area (Å²) in [6.07, 6.45) is 0. The summed E-state index contributed by atoms with van der Waals surface area (Å²) in [7, 11) is 0. The predicted octanol–water partition coefficient (Wildman–Crippen LogP) is 4.55. The fraction of sp³-hybridized carbons (Fsp3) is 0.0870. The molecule has 0 atom stereocenters. The van der Waals surface area contributed by atoms with Gasteiger partial charge in [0.15, 0.2) is 0 Å². The van der Waals surface area contributed by atoms with Crippen molar-refractivity contribution < 1.29 is 9.59 Å². The van der Waals surface area contributed by atoms with E-state index in [4.69, 9.17) is 34.8 Å². The van der Waals surface area contributed by atoms with Crippen LogP contribution in [0.25, 0.3) is 5.69 Å². The summed E-state index contributed by atoms with van der Waals surface area (Å²) in [6, 6.07) is 14.9. The van der Waals surface area contributed by atoms with Crippen LogP contribution in [0.4, 0.5) is 5.69 Å². The first-order chi connectivity index (χ1) is 16.3. The molecular formula is C23H14Cl3N5O3. The molecule has 2 amide bonds. The maximum Gasteiger partial charge on any atom is 0.368 e. The third-order valence-corrected chi connectivity index (χ3v) is 6.44. The average molecular weight is 515 g/mol. The molecule has 0 saturated carbocycles. The van der Waals surface area contributed by atoms with Crippen molar-refractivity contribution in [3.05, 3.63) is 102 Å². The van der Waals surface area contributed by atoms with Gasteiger partial charge in [0, 0.05) is 0 Å². The fourth-order valence-corrected chi connectivity index (χ4v) is 4.58. The Morgan fingerprint density at radius 3 is 2.03 bits per heavy atom. The molecule has 0 saturated heterocycles. The van der Waals surface area contributed by atoms with Crippen LogP contribution in [0.1, 0.15) is 31.8 Å². The van der Waals surface area contributed by atoms with Gasteiger partial charge in [0.2, 0.25) is 0 Å². The number of fused-ring (bicyclic) bond motifs is 1. The van der Waals surface area contributed by atoms with E-state index in [1.54, 1.807) is 49.4 Å². The minimum atomic E-state index is -0.540. The van der Waals surface area contributed by atoms with Crippen LogP contribution in [0.5, 0.6) is 0 Å². The number of rotatable bonds is 4. The molecular weight excluding hydrogens is 501 g/mol. The molecule has 2 heterocycles. The van der Waals surface area contributed by atoms with Crippen molar-refractivity contribution in [2.24, 2.45) is 0 Å². The minimum absolute atomic E-state index is 0.0883. The number of halogens is 3. The van der Waals surface area contributed by atoms with Gasteiger partial charge in [-0.05, 0) is 58.8 Å². The number of hydrogen-bond donors (Lipinski definition) is 0.